The molecule has 2 aromatic carbocycles. The molecule has 0 fully saturated rings. The number of hydrogen-bond donors (Lipinski definition) is 1. The second-order valence-electron chi connectivity index (χ2n) is 5.36. The van der Waals surface area contributed by atoms with E-state index in [1.165, 1.54) is 54.6 Å². The lowest BCUT2D eigenvalue weighted by atomic mass is 10.2. The van der Waals surface area contributed by atoms with Crippen LogP contribution in [0.15, 0.2) is 73.6 Å². The third-order valence-electron chi connectivity index (χ3n) is 3.42. The van der Waals surface area contributed by atoms with E-state index in [4.69, 9.17) is 4.42 Å². The molecule has 0 spiro atoms. The van der Waals surface area contributed by atoms with E-state index in [0.29, 0.717) is 5.39 Å². The van der Waals surface area contributed by atoms with Crippen molar-refractivity contribution in [2.24, 2.45) is 0 Å². The number of rotatable bonds is 4. The third kappa shape index (κ3) is 3.72. The summed E-state index contributed by atoms with van der Waals surface area (Å²) in [4.78, 5) is 11.1. The van der Waals surface area contributed by atoms with E-state index in [-0.39, 0.29) is 21.1 Å². The predicted molar refractivity (Wildman–Crippen MR) is 92.8 cm³/mol. The standard InChI is InChI=1S/C16H13NO6S2/c1-24(19,20)13-4-2-3-12(10-13)17-25(21,22)14-6-7-15-11(9-14)5-8-16(18)23-15/h2-10,17H,1H3. The van der Waals surface area contributed by atoms with Gasteiger partial charge >= 0.3 is 5.63 Å². The van der Waals surface area contributed by atoms with E-state index >= 15 is 0 Å². The molecular formula is C16H13NO6S2. The average molecular weight is 379 g/mol. The Hall–Kier alpha value is -2.65. The monoisotopic (exact) mass is 379 g/mol. The lowest BCUT2D eigenvalue weighted by Crippen LogP contribution is -2.13. The molecule has 9 heteroatoms. The van der Waals surface area contributed by atoms with Gasteiger partial charge in [0.2, 0.25) is 0 Å². The van der Waals surface area contributed by atoms with Gasteiger partial charge in [-0.15, -0.1) is 0 Å². The fraction of sp³-hybridized carbons (Fsp3) is 0.0625. The van der Waals surface area contributed by atoms with Gasteiger partial charge < -0.3 is 4.42 Å². The highest BCUT2D eigenvalue weighted by Crippen LogP contribution is 2.22. The summed E-state index contributed by atoms with van der Waals surface area (Å²) in [7, 11) is -7.40. The van der Waals surface area contributed by atoms with Gasteiger partial charge in [-0.1, -0.05) is 6.07 Å². The van der Waals surface area contributed by atoms with Gasteiger partial charge in [0.1, 0.15) is 5.58 Å². The van der Waals surface area contributed by atoms with Crippen LogP contribution in [0.4, 0.5) is 5.69 Å². The molecule has 7 nitrogen and oxygen atoms in total. The normalized spacial score (nSPS) is 12.2. The maximum absolute atomic E-state index is 12.5. The maximum atomic E-state index is 12.5. The molecule has 1 aromatic heterocycles. The van der Waals surface area contributed by atoms with Crippen molar-refractivity contribution in [3.05, 3.63) is 65.0 Å². The van der Waals surface area contributed by atoms with Crippen molar-refractivity contribution in [3.63, 3.8) is 0 Å². The van der Waals surface area contributed by atoms with E-state index in [1.807, 2.05) is 0 Å². The largest absolute Gasteiger partial charge is 0.423 e. The van der Waals surface area contributed by atoms with E-state index in [0.717, 1.165) is 6.26 Å². The molecule has 130 valence electrons. The Bertz CT molecular complexity index is 1230. The van der Waals surface area contributed by atoms with E-state index < -0.39 is 25.5 Å². The third-order valence-corrected chi connectivity index (χ3v) is 5.90. The fourth-order valence-electron chi connectivity index (χ4n) is 2.22. The molecule has 1 heterocycles. The number of sulfonamides is 1. The van der Waals surface area contributed by atoms with Crippen LogP contribution in [0.3, 0.4) is 0 Å². The fourth-order valence-corrected chi connectivity index (χ4v) is 3.97. The summed E-state index contributed by atoms with van der Waals surface area (Å²) >= 11 is 0. The molecule has 0 aliphatic carbocycles. The molecule has 0 amide bonds. The van der Waals surface area contributed by atoms with Crippen LogP contribution in [0.2, 0.25) is 0 Å². The molecule has 0 bridgehead atoms. The maximum Gasteiger partial charge on any atom is 0.336 e. The second kappa shape index (κ2) is 6.01. The molecule has 0 atom stereocenters. The quantitative estimate of drug-likeness (QED) is 0.694. The van der Waals surface area contributed by atoms with Crippen molar-refractivity contribution in [2.75, 3.05) is 11.0 Å². The van der Waals surface area contributed by atoms with Crippen molar-refractivity contribution in [1.82, 2.24) is 0 Å². The van der Waals surface area contributed by atoms with Crippen molar-refractivity contribution in [1.29, 1.82) is 0 Å². The van der Waals surface area contributed by atoms with Crippen molar-refractivity contribution in [3.8, 4) is 0 Å². The van der Waals surface area contributed by atoms with Crippen LogP contribution in [-0.4, -0.2) is 23.1 Å². The summed E-state index contributed by atoms with van der Waals surface area (Å²) in [6, 6.07) is 12.2. The molecule has 25 heavy (non-hydrogen) atoms. The smallest absolute Gasteiger partial charge is 0.336 e. The van der Waals surface area contributed by atoms with Gasteiger partial charge in [0, 0.05) is 17.7 Å². The number of benzene rings is 2. The number of anilines is 1. The zero-order valence-corrected chi connectivity index (χ0v) is 14.6. The Morgan fingerprint density at radius 1 is 0.880 bits per heavy atom. The molecule has 1 N–H and O–H groups in total. The van der Waals surface area contributed by atoms with Crippen molar-refractivity contribution in [2.45, 2.75) is 9.79 Å². The molecular weight excluding hydrogens is 366 g/mol. The summed E-state index contributed by atoms with van der Waals surface area (Å²) in [6.07, 6.45) is 1.04. The van der Waals surface area contributed by atoms with Gasteiger partial charge in [0.05, 0.1) is 15.5 Å². The Morgan fingerprint density at radius 2 is 1.64 bits per heavy atom. The molecule has 0 aliphatic heterocycles. The zero-order chi connectivity index (χ0) is 18.2. The van der Waals surface area contributed by atoms with Crippen LogP contribution < -0.4 is 10.3 Å². The molecule has 0 aliphatic rings. The van der Waals surface area contributed by atoms with E-state index in [1.54, 1.807) is 0 Å². The van der Waals surface area contributed by atoms with Gasteiger partial charge in [-0.3, -0.25) is 4.72 Å². The molecule has 0 radical (unpaired) electrons. The highest BCUT2D eigenvalue weighted by Gasteiger charge is 2.16. The topological polar surface area (TPSA) is 111 Å². The Labute approximate surface area is 143 Å². The zero-order valence-electron chi connectivity index (χ0n) is 13.0. The lowest BCUT2D eigenvalue weighted by Gasteiger charge is -2.09. The van der Waals surface area contributed by atoms with E-state index in [2.05, 4.69) is 4.72 Å². The summed E-state index contributed by atoms with van der Waals surface area (Å²) in [5.74, 6) is 0. The van der Waals surface area contributed by atoms with Gasteiger partial charge in [-0.05, 0) is 42.5 Å². The lowest BCUT2D eigenvalue weighted by molar-refractivity contribution is 0.560. The molecule has 0 unspecified atom stereocenters. The van der Waals surface area contributed by atoms with Crippen LogP contribution in [0.5, 0.6) is 0 Å². The molecule has 3 rings (SSSR count). The minimum absolute atomic E-state index is 0.00740. The van der Waals surface area contributed by atoms with Gasteiger partial charge in [-0.2, -0.15) is 0 Å². The van der Waals surface area contributed by atoms with Crippen LogP contribution in [0.1, 0.15) is 0 Å². The number of sulfone groups is 1. The van der Waals surface area contributed by atoms with Crippen molar-refractivity contribution < 1.29 is 21.3 Å². The predicted octanol–water partition coefficient (Wildman–Crippen LogP) is 2.00. The molecule has 0 saturated heterocycles. The van der Waals surface area contributed by atoms with Crippen LogP contribution in [-0.2, 0) is 19.9 Å². The number of fused-ring (bicyclic) bond motifs is 1. The summed E-state index contributed by atoms with van der Waals surface area (Å²) in [5.41, 5.74) is -0.132. The van der Waals surface area contributed by atoms with Crippen molar-refractivity contribution >= 4 is 36.5 Å². The van der Waals surface area contributed by atoms with Gasteiger partial charge in [-0.25, -0.2) is 21.6 Å². The average Bonchev–Trinajstić information content (AvgIpc) is 2.53. The summed E-state index contributed by atoms with van der Waals surface area (Å²) in [5, 5.41) is 0.451. The number of hydrogen-bond acceptors (Lipinski definition) is 6. The number of nitrogens with one attached hydrogen (secondary N) is 1. The highest BCUT2D eigenvalue weighted by atomic mass is 32.2. The molecule has 0 saturated carbocycles. The van der Waals surface area contributed by atoms with Gasteiger partial charge in [0.25, 0.3) is 10.0 Å². The highest BCUT2D eigenvalue weighted by molar-refractivity contribution is 7.92. The second-order valence-corrected chi connectivity index (χ2v) is 9.06. The SMILES string of the molecule is CS(=O)(=O)c1cccc(NS(=O)(=O)c2ccc3oc(=O)ccc3c2)c1. The van der Waals surface area contributed by atoms with Gasteiger partial charge in [0.15, 0.2) is 9.84 Å². The minimum atomic E-state index is -3.94. The molecule has 3 aromatic rings. The minimum Gasteiger partial charge on any atom is -0.423 e. The summed E-state index contributed by atoms with van der Waals surface area (Å²) < 4.78 is 55.5. The van der Waals surface area contributed by atoms with Crippen LogP contribution in [0.25, 0.3) is 11.0 Å². The van der Waals surface area contributed by atoms with E-state index in [9.17, 15) is 21.6 Å². The summed E-state index contributed by atoms with van der Waals surface area (Å²) in [6.45, 7) is 0. The Kier molecular flexibility index (Phi) is 4.13. The van der Waals surface area contributed by atoms with Crippen LogP contribution >= 0.6 is 0 Å². The Morgan fingerprint density at radius 3 is 2.36 bits per heavy atom. The van der Waals surface area contributed by atoms with Crippen LogP contribution in [0, 0.1) is 0 Å². The first-order valence-electron chi connectivity index (χ1n) is 7.02. The first kappa shape index (κ1) is 17.2. The first-order chi connectivity index (χ1) is 11.6. The Balaban J connectivity index is 2.00. The first-order valence-corrected chi connectivity index (χ1v) is 10.4.